The van der Waals surface area contributed by atoms with E-state index in [0.29, 0.717) is 17.9 Å². The summed E-state index contributed by atoms with van der Waals surface area (Å²) in [6.07, 6.45) is -0.0947. The van der Waals surface area contributed by atoms with E-state index >= 15 is 0 Å². The molecule has 1 aromatic rings. The minimum Gasteiger partial charge on any atom is -0.397 e. The second kappa shape index (κ2) is 3.63. The normalized spacial score (nSPS) is 19.5. The summed E-state index contributed by atoms with van der Waals surface area (Å²) in [5.41, 5.74) is 6.99. The first-order chi connectivity index (χ1) is 6.98. The predicted octanol–water partition coefficient (Wildman–Crippen LogP) is 2.88. The summed E-state index contributed by atoms with van der Waals surface area (Å²) in [5, 5.41) is 0. The van der Waals surface area contributed by atoms with E-state index < -0.39 is 5.92 Å². The molecule has 1 fully saturated rings. The molecule has 1 aromatic carbocycles. The van der Waals surface area contributed by atoms with Gasteiger partial charge in [-0.3, -0.25) is 0 Å². The van der Waals surface area contributed by atoms with Gasteiger partial charge in [-0.1, -0.05) is 15.9 Å². The van der Waals surface area contributed by atoms with Crippen LogP contribution in [0, 0.1) is 0 Å². The van der Waals surface area contributed by atoms with Gasteiger partial charge in [0.2, 0.25) is 0 Å². The van der Waals surface area contributed by atoms with Gasteiger partial charge in [-0.25, -0.2) is 8.78 Å². The summed E-state index contributed by atoms with van der Waals surface area (Å²) in [6.45, 7) is 0.123. The zero-order valence-corrected chi connectivity index (χ0v) is 9.60. The number of nitrogens with two attached hydrogens (primary N) is 1. The molecule has 0 atom stereocenters. The molecule has 0 spiro atoms. The quantitative estimate of drug-likeness (QED) is 0.800. The lowest BCUT2D eigenvalue weighted by Crippen LogP contribution is -2.25. The first-order valence-electron chi connectivity index (χ1n) is 4.66. The van der Waals surface area contributed by atoms with Gasteiger partial charge >= 0.3 is 0 Å². The van der Waals surface area contributed by atoms with Crippen LogP contribution >= 0.6 is 15.9 Å². The SMILES string of the molecule is Nc1cc(Br)ccc1N1CCC(F)(F)C1. The van der Waals surface area contributed by atoms with Gasteiger partial charge in [-0.2, -0.15) is 0 Å². The van der Waals surface area contributed by atoms with E-state index in [0.717, 1.165) is 4.47 Å². The lowest BCUT2D eigenvalue weighted by Gasteiger charge is -2.20. The maximum absolute atomic E-state index is 13.0. The molecule has 2 nitrogen and oxygen atoms in total. The van der Waals surface area contributed by atoms with Crippen molar-refractivity contribution in [1.29, 1.82) is 0 Å². The third kappa shape index (κ3) is 2.22. The number of alkyl halides is 2. The number of halogens is 3. The Hall–Kier alpha value is -0.840. The smallest absolute Gasteiger partial charge is 0.266 e. The van der Waals surface area contributed by atoms with Gasteiger partial charge in [0.25, 0.3) is 5.92 Å². The molecule has 5 heteroatoms. The highest BCUT2D eigenvalue weighted by Crippen LogP contribution is 2.34. The molecule has 0 unspecified atom stereocenters. The highest BCUT2D eigenvalue weighted by Gasteiger charge is 2.38. The van der Waals surface area contributed by atoms with Crippen LogP contribution in [0.3, 0.4) is 0 Å². The van der Waals surface area contributed by atoms with Crippen LogP contribution in [0.2, 0.25) is 0 Å². The summed E-state index contributed by atoms with van der Waals surface area (Å²) in [7, 11) is 0. The zero-order chi connectivity index (χ0) is 11.1. The fourth-order valence-electron chi connectivity index (χ4n) is 1.75. The average Bonchev–Trinajstić information content (AvgIpc) is 2.46. The van der Waals surface area contributed by atoms with Crippen molar-refractivity contribution in [3.05, 3.63) is 22.7 Å². The number of nitrogens with zero attached hydrogens (tertiary/aromatic N) is 1. The highest BCUT2D eigenvalue weighted by atomic mass is 79.9. The van der Waals surface area contributed by atoms with Gasteiger partial charge < -0.3 is 10.6 Å². The van der Waals surface area contributed by atoms with Crippen LogP contribution in [-0.2, 0) is 0 Å². The summed E-state index contributed by atoms with van der Waals surface area (Å²) < 4.78 is 26.9. The van der Waals surface area contributed by atoms with Crippen LogP contribution in [0.25, 0.3) is 0 Å². The van der Waals surface area contributed by atoms with Gasteiger partial charge in [0, 0.05) is 17.4 Å². The Morgan fingerprint density at radius 3 is 2.67 bits per heavy atom. The monoisotopic (exact) mass is 276 g/mol. The van der Waals surface area contributed by atoms with Gasteiger partial charge in [0.15, 0.2) is 0 Å². The third-order valence-electron chi connectivity index (χ3n) is 2.50. The Kier molecular flexibility index (Phi) is 2.58. The van der Waals surface area contributed by atoms with Crippen molar-refractivity contribution in [1.82, 2.24) is 0 Å². The van der Waals surface area contributed by atoms with E-state index in [1.54, 1.807) is 17.0 Å². The Labute approximate surface area is 95.2 Å². The van der Waals surface area contributed by atoms with Crippen molar-refractivity contribution < 1.29 is 8.78 Å². The van der Waals surface area contributed by atoms with Crippen molar-refractivity contribution in [2.45, 2.75) is 12.3 Å². The first kappa shape index (κ1) is 10.7. The van der Waals surface area contributed by atoms with Crippen molar-refractivity contribution >= 4 is 27.3 Å². The Morgan fingerprint density at radius 1 is 1.40 bits per heavy atom. The van der Waals surface area contributed by atoms with E-state index in [9.17, 15) is 8.78 Å². The molecule has 0 saturated carbocycles. The summed E-state index contributed by atoms with van der Waals surface area (Å²) in [6, 6.07) is 5.30. The fraction of sp³-hybridized carbons (Fsp3) is 0.400. The number of benzene rings is 1. The second-order valence-electron chi connectivity index (χ2n) is 3.73. The van der Waals surface area contributed by atoms with Gasteiger partial charge in [0.1, 0.15) is 0 Å². The topological polar surface area (TPSA) is 29.3 Å². The minimum atomic E-state index is -2.58. The lowest BCUT2D eigenvalue weighted by atomic mass is 10.2. The largest absolute Gasteiger partial charge is 0.397 e. The Bertz CT molecular complexity index is 382. The number of anilines is 2. The predicted molar refractivity (Wildman–Crippen MR) is 60.3 cm³/mol. The molecule has 1 aliphatic heterocycles. The van der Waals surface area contributed by atoms with Crippen LogP contribution in [-0.4, -0.2) is 19.0 Å². The van der Waals surface area contributed by atoms with Crippen LogP contribution < -0.4 is 10.6 Å². The number of hydrogen-bond acceptors (Lipinski definition) is 2. The average molecular weight is 277 g/mol. The molecular weight excluding hydrogens is 266 g/mol. The molecule has 1 heterocycles. The van der Waals surface area contributed by atoms with Crippen molar-refractivity contribution in [3.8, 4) is 0 Å². The molecule has 0 amide bonds. The van der Waals surface area contributed by atoms with Crippen LogP contribution in [0.1, 0.15) is 6.42 Å². The summed E-state index contributed by atoms with van der Waals surface area (Å²) in [4.78, 5) is 1.63. The van der Waals surface area contributed by atoms with E-state index in [2.05, 4.69) is 15.9 Å². The summed E-state index contributed by atoms with van der Waals surface area (Å²) in [5.74, 6) is -2.58. The number of hydrogen-bond donors (Lipinski definition) is 1. The van der Waals surface area contributed by atoms with Crippen LogP contribution in [0.5, 0.6) is 0 Å². The molecule has 0 radical (unpaired) electrons. The molecule has 82 valence electrons. The third-order valence-corrected chi connectivity index (χ3v) is 2.99. The molecule has 0 bridgehead atoms. The number of nitrogen functional groups attached to an aromatic ring is 1. The van der Waals surface area contributed by atoms with Crippen molar-refractivity contribution in [2.75, 3.05) is 23.7 Å². The molecule has 1 aliphatic rings. The lowest BCUT2D eigenvalue weighted by molar-refractivity contribution is 0.0257. The van der Waals surface area contributed by atoms with Crippen molar-refractivity contribution in [3.63, 3.8) is 0 Å². The van der Waals surface area contributed by atoms with Gasteiger partial charge in [-0.15, -0.1) is 0 Å². The molecular formula is C10H11BrF2N2. The maximum Gasteiger partial charge on any atom is 0.266 e. The molecule has 2 N–H and O–H groups in total. The summed E-state index contributed by atoms with van der Waals surface area (Å²) >= 11 is 3.28. The highest BCUT2D eigenvalue weighted by molar-refractivity contribution is 9.10. The Balaban J connectivity index is 2.24. The minimum absolute atomic E-state index is 0.0947. The molecule has 15 heavy (non-hydrogen) atoms. The van der Waals surface area contributed by atoms with E-state index in [-0.39, 0.29) is 13.0 Å². The van der Waals surface area contributed by atoms with Crippen LogP contribution in [0.4, 0.5) is 20.2 Å². The second-order valence-corrected chi connectivity index (χ2v) is 4.65. The van der Waals surface area contributed by atoms with Crippen molar-refractivity contribution in [2.24, 2.45) is 0 Å². The van der Waals surface area contributed by atoms with E-state index in [4.69, 9.17) is 5.73 Å². The number of rotatable bonds is 1. The van der Waals surface area contributed by atoms with Gasteiger partial charge in [-0.05, 0) is 18.2 Å². The zero-order valence-electron chi connectivity index (χ0n) is 8.01. The molecule has 0 aromatic heterocycles. The first-order valence-corrected chi connectivity index (χ1v) is 5.45. The fourth-order valence-corrected chi connectivity index (χ4v) is 2.13. The maximum atomic E-state index is 13.0. The van der Waals surface area contributed by atoms with E-state index in [1.165, 1.54) is 0 Å². The van der Waals surface area contributed by atoms with Crippen LogP contribution in [0.15, 0.2) is 22.7 Å². The Morgan fingerprint density at radius 2 is 2.13 bits per heavy atom. The standard InChI is InChI=1S/C10H11BrF2N2/c11-7-1-2-9(8(14)5-7)15-4-3-10(12,13)6-15/h1-2,5H,3-4,6,14H2. The molecule has 2 rings (SSSR count). The van der Waals surface area contributed by atoms with E-state index in [1.807, 2.05) is 6.07 Å². The molecule has 1 saturated heterocycles. The molecule has 0 aliphatic carbocycles. The van der Waals surface area contributed by atoms with Gasteiger partial charge in [0.05, 0.1) is 17.9 Å².